The zero-order valence-corrected chi connectivity index (χ0v) is 13.3. The number of nitrogens with zero attached hydrogens (tertiary/aromatic N) is 1. The van der Waals surface area contributed by atoms with Gasteiger partial charge in [0.05, 0.1) is 13.2 Å². The summed E-state index contributed by atoms with van der Waals surface area (Å²) < 4.78 is 5.10. The first kappa shape index (κ1) is 17.2. The van der Waals surface area contributed by atoms with Crippen LogP contribution in [0.25, 0.3) is 0 Å². The molecule has 0 spiro atoms. The smallest absolute Gasteiger partial charge is 0.0637 e. The summed E-state index contributed by atoms with van der Waals surface area (Å²) in [6.07, 6.45) is 0. The number of anilines is 1. The predicted octanol–water partition coefficient (Wildman–Crippen LogP) is 2.46. The van der Waals surface area contributed by atoms with Crippen LogP contribution in [-0.4, -0.2) is 45.1 Å². The van der Waals surface area contributed by atoms with E-state index in [1.54, 1.807) is 7.11 Å². The van der Waals surface area contributed by atoms with Gasteiger partial charge in [-0.05, 0) is 31.2 Å². The van der Waals surface area contributed by atoms with E-state index in [0.29, 0.717) is 13.2 Å². The third-order valence-electron chi connectivity index (χ3n) is 3.26. The lowest BCUT2D eigenvalue weighted by molar-refractivity contribution is 0.203. The molecule has 0 aromatic heterocycles. The minimum atomic E-state index is 0.108. The van der Waals surface area contributed by atoms with Crippen molar-refractivity contribution in [3.63, 3.8) is 0 Å². The van der Waals surface area contributed by atoms with Crippen molar-refractivity contribution in [3.05, 3.63) is 28.8 Å². The lowest BCUT2D eigenvalue weighted by Gasteiger charge is -2.25. The van der Waals surface area contributed by atoms with E-state index in [4.69, 9.17) is 21.4 Å². The largest absolute Gasteiger partial charge is 0.395 e. The number of benzene rings is 1. The molecule has 0 aliphatic rings. The minimum absolute atomic E-state index is 0.108. The normalized spacial score (nSPS) is 12.4. The van der Waals surface area contributed by atoms with Crippen LogP contribution in [0.4, 0.5) is 5.69 Å². The van der Waals surface area contributed by atoms with Gasteiger partial charge < -0.3 is 20.1 Å². The molecule has 0 aliphatic heterocycles. The first-order valence-corrected chi connectivity index (χ1v) is 7.39. The van der Waals surface area contributed by atoms with E-state index >= 15 is 0 Å². The van der Waals surface area contributed by atoms with Crippen LogP contribution in [0.15, 0.2) is 18.2 Å². The van der Waals surface area contributed by atoms with Crippen LogP contribution in [0.2, 0.25) is 5.02 Å². The number of ether oxygens (including phenoxy) is 1. The highest BCUT2D eigenvalue weighted by molar-refractivity contribution is 6.31. The van der Waals surface area contributed by atoms with Gasteiger partial charge in [0.1, 0.15) is 0 Å². The Kier molecular flexibility index (Phi) is 7.92. The van der Waals surface area contributed by atoms with Gasteiger partial charge in [-0.1, -0.05) is 24.6 Å². The number of rotatable bonds is 9. The molecule has 0 radical (unpaired) electrons. The molecule has 1 aromatic carbocycles. The molecule has 5 heteroatoms. The molecule has 0 amide bonds. The summed E-state index contributed by atoms with van der Waals surface area (Å²) in [5, 5.41) is 13.3. The average molecular weight is 301 g/mol. The van der Waals surface area contributed by atoms with Gasteiger partial charge in [-0.3, -0.25) is 0 Å². The summed E-state index contributed by atoms with van der Waals surface area (Å²) in [5.41, 5.74) is 2.10. The third kappa shape index (κ3) is 4.94. The standard InChI is InChI=1S/C15H25ClN2O2/c1-4-17-12(2)14-6-5-13(11-15(14)16)18(7-9-19)8-10-20-3/h5-6,11-12,17,19H,4,7-10H2,1-3H3. The molecule has 1 rings (SSSR count). The summed E-state index contributed by atoms with van der Waals surface area (Å²) in [5.74, 6) is 0. The number of halogens is 1. The van der Waals surface area contributed by atoms with E-state index in [1.165, 1.54) is 0 Å². The Labute approximate surface area is 126 Å². The maximum absolute atomic E-state index is 9.15. The van der Waals surface area contributed by atoms with Gasteiger partial charge in [-0.25, -0.2) is 0 Å². The minimum Gasteiger partial charge on any atom is -0.395 e. The van der Waals surface area contributed by atoms with Crippen molar-refractivity contribution in [2.45, 2.75) is 19.9 Å². The molecule has 20 heavy (non-hydrogen) atoms. The Morgan fingerprint density at radius 3 is 2.70 bits per heavy atom. The van der Waals surface area contributed by atoms with Crippen molar-refractivity contribution in [3.8, 4) is 0 Å². The molecule has 1 aromatic rings. The Morgan fingerprint density at radius 1 is 1.40 bits per heavy atom. The van der Waals surface area contributed by atoms with Crippen LogP contribution in [0.3, 0.4) is 0 Å². The highest BCUT2D eigenvalue weighted by Crippen LogP contribution is 2.27. The predicted molar refractivity (Wildman–Crippen MR) is 84.7 cm³/mol. The monoisotopic (exact) mass is 300 g/mol. The van der Waals surface area contributed by atoms with Gasteiger partial charge in [-0.15, -0.1) is 0 Å². The van der Waals surface area contributed by atoms with Gasteiger partial charge in [0, 0.05) is 37.0 Å². The second kappa shape index (κ2) is 9.19. The first-order valence-electron chi connectivity index (χ1n) is 7.01. The fraction of sp³-hybridized carbons (Fsp3) is 0.600. The van der Waals surface area contributed by atoms with Crippen LogP contribution < -0.4 is 10.2 Å². The number of aliphatic hydroxyl groups excluding tert-OH is 1. The van der Waals surface area contributed by atoms with Gasteiger partial charge in [0.15, 0.2) is 0 Å². The second-order valence-electron chi connectivity index (χ2n) is 4.69. The molecule has 0 saturated carbocycles. The second-order valence-corrected chi connectivity index (χ2v) is 5.10. The maximum Gasteiger partial charge on any atom is 0.0637 e. The average Bonchev–Trinajstić information content (AvgIpc) is 2.43. The van der Waals surface area contributed by atoms with Crippen LogP contribution in [0, 0.1) is 0 Å². The van der Waals surface area contributed by atoms with Crippen LogP contribution in [0.5, 0.6) is 0 Å². The third-order valence-corrected chi connectivity index (χ3v) is 3.59. The van der Waals surface area contributed by atoms with Crippen molar-refractivity contribution < 1.29 is 9.84 Å². The molecule has 0 aliphatic carbocycles. The molecular formula is C15H25ClN2O2. The number of hydrogen-bond acceptors (Lipinski definition) is 4. The fourth-order valence-corrected chi connectivity index (χ4v) is 2.51. The maximum atomic E-state index is 9.15. The highest BCUT2D eigenvalue weighted by Gasteiger charge is 2.12. The van der Waals surface area contributed by atoms with Crippen molar-refractivity contribution in [1.29, 1.82) is 0 Å². The summed E-state index contributed by atoms with van der Waals surface area (Å²) in [7, 11) is 1.67. The summed E-state index contributed by atoms with van der Waals surface area (Å²) in [6, 6.07) is 6.27. The zero-order chi connectivity index (χ0) is 15.0. The Balaban J connectivity index is 2.87. The van der Waals surface area contributed by atoms with Gasteiger partial charge >= 0.3 is 0 Å². The van der Waals surface area contributed by atoms with Crippen molar-refractivity contribution in [2.24, 2.45) is 0 Å². The van der Waals surface area contributed by atoms with Crippen molar-refractivity contribution in [1.82, 2.24) is 5.32 Å². The van der Waals surface area contributed by atoms with E-state index < -0.39 is 0 Å². The van der Waals surface area contributed by atoms with Crippen LogP contribution in [-0.2, 0) is 4.74 Å². The number of methoxy groups -OCH3 is 1. The van der Waals surface area contributed by atoms with Crippen molar-refractivity contribution >= 4 is 17.3 Å². The number of nitrogens with one attached hydrogen (secondary N) is 1. The first-order chi connectivity index (χ1) is 9.63. The topological polar surface area (TPSA) is 44.7 Å². The number of aliphatic hydroxyl groups is 1. The molecule has 0 heterocycles. The van der Waals surface area contributed by atoms with Crippen LogP contribution in [0.1, 0.15) is 25.5 Å². The molecule has 1 unspecified atom stereocenters. The summed E-state index contributed by atoms with van der Waals surface area (Å²) in [4.78, 5) is 2.07. The summed E-state index contributed by atoms with van der Waals surface area (Å²) in [6.45, 7) is 7.11. The van der Waals surface area contributed by atoms with E-state index in [9.17, 15) is 0 Å². The van der Waals surface area contributed by atoms with Crippen molar-refractivity contribution in [2.75, 3.05) is 44.9 Å². The lowest BCUT2D eigenvalue weighted by atomic mass is 10.1. The molecule has 0 fully saturated rings. The number of hydrogen-bond donors (Lipinski definition) is 2. The Bertz CT molecular complexity index is 401. The van der Waals surface area contributed by atoms with E-state index in [-0.39, 0.29) is 12.6 Å². The lowest BCUT2D eigenvalue weighted by Crippen LogP contribution is -2.30. The molecule has 2 N–H and O–H groups in total. The van der Waals surface area contributed by atoms with E-state index in [0.717, 1.165) is 29.4 Å². The molecule has 1 atom stereocenters. The zero-order valence-electron chi connectivity index (χ0n) is 12.5. The SMILES string of the molecule is CCNC(C)c1ccc(N(CCO)CCOC)cc1Cl. The highest BCUT2D eigenvalue weighted by atomic mass is 35.5. The van der Waals surface area contributed by atoms with Gasteiger partial charge in [0.2, 0.25) is 0 Å². The molecular weight excluding hydrogens is 276 g/mol. The van der Waals surface area contributed by atoms with Gasteiger partial charge in [0.25, 0.3) is 0 Å². The van der Waals surface area contributed by atoms with Crippen LogP contribution >= 0.6 is 11.6 Å². The molecule has 0 saturated heterocycles. The van der Waals surface area contributed by atoms with Gasteiger partial charge in [-0.2, -0.15) is 0 Å². The quantitative estimate of drug-likeness (QED) is 0.735. The Morgan fingerprint density at radius 2 is 2.15 bits per heavy atom. The Hall–Kier alpha value is -0.810. The molecule has 114 valence electrons. The van der Waals surface area contributed by atoms with E-state index in [2.05, 4.69) is 24.1 Å². The molecule has 4 nitrogen and oxygen atoms in total. The fourth-order valence-electron chi connectivity index (χ4n) is 2.17. The molecule has 0 bridgehead atoms. The van der Waals surface area contributed by atoms with E-state index in [1.807, 2.05) is 18.2 Å². The summed E-state index contributed by atoms with van der Waals surface area (Å²) >= 11 is 6.38.